The summed E-state index contributed by atoms with van der Waals surface area (Å²) < 4.78 is 0. The van der Waals surface area contributed by atoms with Gasteiger partial charge in [-0.1, -0.05) is 6.07 Å². The van der Waals surface area contributed by atoms with Crippen LogP contribution in [0.5, 0.6) is 0 Å². The number of rotatable bonds is 3. The van der Waals surface area contributed by atoms with E-state index in [4.69, 9.17) is 0 Å². The van der Waals surface area contributed by atoms with E-state index in [-0.39, 0.29) is 0 Å². The molecule has 2 aliphatic rings. The van der Waals surface area contributed by atoms with E-state index in [2.05, 4.69) is 18.2 Å². The van der Waals surface area contributed by atoms with E-state index in [1.165, 1.54) is 41.7 Å². The molecular formula is C14H17NOS. The highest BCUT2D eigenvalue weighted by atomic mass is 32.2. The highest BCUT2D eigenvalue weighted by molar-refractivity contribution is 8.00. The molecule has 17 heavy (non-hydrogen) atoms. The van der Waals surface area contributed by atoms with Gasteiger partial charge in [-0.2, -0.15) is 0 Å². The summed E-state index contributed by atoms with van der Waals surface area (Å²) in [6.07, 6.45) is 4.90. The summed E-state index contributed by atoms with van der Waals surface area (Å²) in [6.45, 7) is 1.92. The first-order valence-corrected chi connectivity index (χ1v) is 7.34. The van der Waals surface area contributed by atoms with Crippen LogP contribution >= 0.6 is 11.8 Å². The summed E-state index contributed by atoms with van der Waals surface area (Å²) in [5, 5.41) is 0. The normalized spacial score (nSPS) is 17.8. The van der Waals surface area contributed by atoms with Gasteiger partial charge in [0.05, 0.1) is 5.75 Å². The second kappa shape index (κ2) is 4.73. The molecule has 1 fully saturated rings. The molecule has 1 amide bonds. The average Bonchev–Trinajstić information content (AvgIpc) is 2.71. The first-order chi connectivity index (χ1) is 8.33. The fraction of sp³-hybridized carbons (Fsp3) is 0.500. The Bertz CT molecular complexity index is 440. The van der Waals surface area contributed by atoms with Crippen LogP contribution in [-0.4, -0.2) is 29.6 Å². The van der Waals surface area contributed by atoms with E-state index in [9.17, 15) is 4.79 Å². The van der Waals surface area contributed by atoms with E-state index < -0.39 is 0 Å². The number of hydrogen-bond donors (Lipinski definition) is 0. The van der Waals surface area contributed by atoms with Crippen LogP contribution in [0.3, 0.4) is 0 Å². The van der Waals surface area contributed by atoms with Crippen molar-refractivity contribution in [2.75, 3.05) is 18.8 Å². The first kappa shape index (κ1) is 11.1. The van der Waals surface area contributed by atoms with Crippen molar-refractivity contribution in [2.45, 2.75) is 30.6 Å². The van der Waals surface area contributed by atoms with Crippen LogP contribution in [0.2, 0.25) is 0 Å². The topological polar surface area (TPSA) is 20.3 Å². The fourth-order valence-electron chi connectivity index (χ4n) is 2.44. The third kappa shape index (κ3) is 2.34. The first-order valence-electron chi connectivity index (χ1n) is 6.35. The predicted molar refractivity (Wildman–Crippen MR) is 70.4 cm³/mol. The van der Waals surface area contributed by atoms with Gasteiger partial charge in [-0.05, 0) is 48.9 Å². The molecule has 0 N–H and O–H groups in total. The smallest absolute Gasteiger partial charge is 0.232 e. The Balaban J connectivity index is 1.59. The molecule has 0 spiro atoms. The Morgan fingerprint density at radius 3 is 2.76 bits per heavy atom. The predicted octanol–water partition coefficient (Wildman–Crippen LogP) is 2.50. The molecule has 2 nitrogen and oxygen atoms in total. The van der Waals surface area contributed by atoms with Gasteiger partial charge in [0.15, 0.2) is 0 Å². The number of carbonyl (C=O) groups excluding carboxylic acids is 1. The number of carbonyl (C=O) groups is 1. The Morgan fingerprint density at radius 1 is 1.18 bits per heavy atom. The van der Waals surface area contributed by atoms with E-state index in [0.29, 0.717) is 11.7 Å². The molecule has 1 aliphatic heterocycles. The number of aryl methyl sites for hydroxylation is 2. The van der Waals surface area contributed by atoms with Crippen molar-refractivity contribution in [1.82, 2.24) is 4.90 Å². The zero-order valence-electron chi connectivity index (χ0n) is 9.95. The van der Waals surface area contributed by atoms with Crippen LogP contribution in [-0.2, 0) is 17.6 Å². The highest BCUT2D eigenvalue weighted by Crippen LogP contribution is 2.27. The summed E-state index contributed by atoms with van der Waals surface area (Å²) in [5.41, 5.74) is 3.00. The van der Waals surface area contributed by atoms with Gasteiger partial charge < -0.3 is 4.90 Å². The van der Waals surface area contributed by atoms with Crippen LogP contribution in [0, 0.1) is 0 Å². The molecule has 1 aromatic carbocycles. The fourth-order valence-corrected chi connectivity index (χ4v) is 3.30. The lowest BCUT2D eigenvalue weighted by Crippen LogP contribution is -2.42. The molecule has 0 bridgehead atoms. The Morgan fingerprint density at radius 2 is 2.00 bits per heavy atom. The summed E-state index contributed by atoms with van der Waals surface area (Å²) in [7, 11) is 0. The largest absolute Gasteiger partial charge is 0.342 e. The Hall–Kier alpha value is -0.960. The Kier molecular flexibility index (Phi) is 3.10. The van der Waals surface area contributed by atoms with Crippen LogP contribution in [0.25, 0.3) is 0 Å². The number of benzene rings is 1. The third-order valence-corrected chi connectivity index (χ3v) is 4.62. The maximum Gasteiger partial charge on any atom is 0.232 e. The highest BCUT2D eigenvalue weighted by Gasteiger charge is 2.20. The van der Waals surface area contributed by atoms with Crippen molar-refractivity contribution in [1.29, 1.82) is 0 Å². The van der Waals surface area contributed by atoms with E-state index in [1.807, 2.05) is 4.90 Å². The number of nitrogens with zero attached hydrogens (tertiary/aromatic N) is 1. The lowest BCUT2D eigenvalue weighted by atomic mass is 10.1. The minimum absolute atomic E-state index is 0.293. The lowest BCUT2D eigenvalue weighted by molar-refractivity contribution is -0.131. The number of hydrogen-bond acceptors (Lipinski definition) is 2. The van der Waals surface area contributed by atoms with Crippen molar-refractivity contribution >= 4 is 17.7 Å². The molecule has 0 saturated carbocycles. The summed E-state index contributed by atoms with van der Waals surface area (Å²) in [5.74, 6) is 0.889. The minimum atomic E-state index is 0.293. The number of fused-ring (bicyclic) bond motifs is 1. The van der Waals surface area contributed by atoms with Crippen molar-refractivity contribution in [2.24, 2.45) is 0 Å². The second-order valence-electron chi connectivity index (χ2n) is 4.81. The molecule has 0 unspecified atom stereocenters. The van der Waals surface area contributed by atoms with Crippen LogP contribution in [0.1, 0.15) is 24.0 Å². The van der Waals surface area contributed by atoms with Gasteiger partial charge in [0.2, 0.25) is 5.91 Å². The van der Waals surface area contributed by atoms with Crippen molar-refractivity contribution in [3.8, 4) is 0 Å². The third-order valence-electron chi connectivity index (χ3n) is 3.64. The van der Waals surface area contributed by atoms with Gasteiger partial charge >= 0.3 is 0 Å². The van der Waals surface area contributed by atoms with E-state index >= 15 is 0 Å². The molecule has 0 radical (unpaired) electrons. The molecule has 1 aromatic rings. The SMILES string of the molecule is O=C(CSc1ccc2c(c1)CCC2)N1CCC1. The van der Waals surface area contributed by atoms with Gasteiger partial charge in [-0.25, -0.2) is 0 Å². The second-order valence-corrected chi connectivity index (χ2v) is 5.86. The van der Waals surface area contributed by atoms with Gasteiger partial charge in [0, 0.05) is 18.0 Å². The summed E-state index contributed by atoms with van der Waals surface area (Å²) >= 11 is 1.68. The van der Waals surface area contributed by atoms with Crippen molar-refractivity contribution < 1.29 is 4.79 Å². The molecule has 1 saturated heterocycles. The zero-order chi connectivity index (χ0) is 11.7. The number of thioether (sulfide) groups is 1. The van der Waals surface area contributed by atoms with E-state index in [1.54, 1.807) is 11.8 Å². The van der Waals surface area contributed by atoms with Gasteiger partial charge in [0.25, 0.3) is 0 Å². The van der Waals surface area contributed by atoms with E-state index in [0.717, 1.165) is 13.1 Å². The molecule has 3 rings (SSSR count). The van der Waals surface area contributed by atoms with Gasteiger partial charge in [0.1, 0.15) is 0 Å². The molecule has 1 aliphatic carbocycles. The van der Waals surface area contributed by atoms with Crippen LogP contribution in [0.15, 0.2) is 23.1 Å². The standard InChI is InChI=1S/C14H17NOS/c16-14(15-7-2-8-15)10-17-13-6-5-11-3-1-4-12(11)9-13/h5-6,9H,1-4,7-8,10H2. The Labute approximate surface area is 106 Å². The maximum atomic E-state index is 11.7. The maximum absolute atomic E-state index is 11.7. The van der Waals surface area contributed by atoms with Gasteiger partial charge in [-0.15, -0.1) is 11.8 Å². The lowest BCUT2D eigenvalue weighted by Gasteiger charge is -2.30. The molecule has 0 atom stereocenters. The number of likely N-dealkylation sites (tertiary alicyclic amines) is 1. The van der Waals surface area contributed by atoms with Crippen molar-refractivity contribution in [3.63, 3.8) is 0 Å². The summed E-state index contributed by atoms with van der Waals surface area (Å²) in [6, 6.07) is 6.67. The monoisotopic (exact) mass is 247 g/mol. The summed E-state index contributed by atoms with van der Waals surface area (Å²) in [4.78, 5) is 14.9. The van der Waals surface area contributed by atoms with Gasteiger partial charge in [-0.3, -0.25) is 4.79 Å². The molecular weight excluding hydrogens is 230 g/mol. The van der Waals surface area contributed by atoms with Crippen molar-refractivity contribution in [3.05, 3.63) is 29.3 Å². The van der Waals surface area contributed by atoms with Crippen LogP contribution < -0.4 is 0 Å². The molecule has 90 valence electrons. The molecule has 1 heterocycles. The average molecular weight is 247 g/mol. The van der Waals surface area contributed by atoms with Crippen LogP contribution in [0.4, 0.5) is 0 Å². The molecule has 0 aromatic heterocycles. The quantitative estimate of drug-likeness (QED) is 0.765. The molecule has 3 heteroatoms. The number of amides is 1. The minimum Gasteiger partial charge on any atom is -0.342 e. The zero-order valence-corrected chi connectivity index (χ0v) is 10.8.